The molecule has 2 rings (SSSR count). The second kappa shape index (κ2) is 7.97. The van der Waals surface area contributed by atoms with Gasteiger partial charge in [-0.3, -0.25) is 14.5 Å². The molecule has 0 unspecified atom stereocenters. The number of carbonyl (C=O) groups excluding carboxylic acids is 2. The molecule has 1 aromatic rings. The monoisotopic (exact) mass is 318 g/mol. The lowest BCUT2D eigenvalue weighted by Gasteiger charge is -2.30. The Labute approximate surface area is 137 Å². The first kappa shape index (κ1) is 17.3. The third-order valence-electron chi connectivity index (χ3n) is 4.22. The lowest BCUT2D eigenvalue weighted by molar-refractivity contribution is -0.126. The standard InChI is InChI=1S/C17H26N4O2/c1-20(2)15-7-5-13(6-8-15)10-19-16(22)12-21-9-3-4-14(11-21)17(18)23/h5-8,14H,3-4,9-12H2,1-2H3,(H2,18,23)(H,19,22)/t14-/m0/s1. The highest BCUT2D eigenvalue weighted by atomic mass is 16.2. The molecule has 1 saturated heterocycles. The molecule has 1 aliphatic heterocycles. The molecule has 6 nitrogen and oxygen atoms in total. The zero-order valence-corrected chi connectivity index (χ0v) is 13.9. The van der Waals surface area contributed by atoms with E-state index < -0.39 is 0 Å². The van der Waals surface area contributed by atoms with Gasteiger partial charge in [0, 0.05) is 32.9 Å². The number of nitrogens with one attached hydrogen (secondary N) is 1. The highest BCUT2D eigenvalue weighted by molar-refractivity contribution is 5.79. The summed E-state index contributed by atoms with van der Waals surface area (Å²) in [6.07, 6.45) is 1.73. The smallest absolute Gasteiger partial charge is 0.234 e. The number of carbonyl (C=O) groups is 2. The summed E-state index contributed by atoms with van der Waals surface area (Å²) in [5.41, 5.74) is 7.56. The predicted molar refractivity (Wildman–Crippen MR) is 91.0 cm³/mol. The first-order chi connectivity index (χ1) is 11.0. The van der Waals surface area contributed by atoms with E-state index in [9.17, 15) is 9.59 Å². The van der Waals surface area contributed by atoms with Gasteiger partial charge in [-0.25, -0.2) is 0 Å². The fourth-order valence-corrected chi connectivity index (χ4v) is 2.80. The predicted octanol–water partition coefficient (Wildman–Crippen LogP) is 0.566. The number of nitrogens with two attached hydrogens (primary N) is 1. The van der Waals surface area contributed by atoms with Gasteiger partial charge in [0.2, 0.25) is 11.8 Å². The van der Waals surface area contributed by atoms with Crippen LogP contribution in [0.15, 0.2) is 24.3 Å². The van der Waals surface area contributed by atoms with Gasteiger partial charge in [0.25, 0.3) is 0 Å². The quantitative estimate of drug-likeness (QED) is 0.803. The van der Waals surface area contributed by atoms with Gasteiger partial charge < -0.3 is 16.0 Å². The Morgan fingerprint density at radius 2 is 2.00 bits per heavy atom. The molecular formula is C17H26N4O2. The maximum Gasteiger partial charge on any atom is 0.234 e. The summed E-state index contributed by atoms with van der Waals surface area (Å²) in [6, 6.07) is 8.09. The normalized spacial score (nSPS) is 18.4. The van der Waals surface area contributed by atoms with Crippen LogP contribution < -0.4 is 16.0 Å². The molecule has 1 aliphatic rings. The molecule has 0 radical (unpaired) electrons. The van der Waals surface area contributed by atoms with Gasteiger partial charge in [0.1, 0.15) is 0 Å². The molecule has 1 fully saturated rings. The van der Waals surface area contributed by atoms with E-state index in [1.54, 1.807) is 0 Å². The van der Waals surface area contributed by atoms with Crippen molar-refractivity contribution in [2.75, 3.05) is 38.6 Å². The van der Waals surface area contributed by atoms with Gasteiger partial charge in [-0.2, -0.15) is 0 Å². The SMILES string of the molecule is CN(C)c1ccc(CNC(=O)CN2CCC[C@H](C(N)=O)C2)cc1. The van der Waals surface area contributed by atoms with Crippen LogP contribution in [0.1, 0.15) is 18.4 Å². The molecular weight excluding hydrogens is 292 g/mol. The van der Waals surface area contributed by atoms with Crippen molar-refractivity contribution < 1.29 is 9.59 Å². The van der Waals surface area contributed by atoms with E-state index in [2.05, 4.69) is 5.32 Å². The lowest BCUT2D eigenvalue weighted by atomic mass is 9.97. The van der Waals surface area contributed by atoms with Crippen molar-refractivity contribution in [2.45, 2.75) is 19.4 Å². The van der Waals surface area contributed by atoms with E-state index in [-0.39, 0.29) is 17.7 Å². The van der Waals surface area contributed by atoms with E-state index in [0.717, 1.165) is 30.6 Å². The van der Waals surface area contributed by atoms with E-state index in [1.807, 2.05) is 48.2 Å². The number of anilines is 1. The van der Waals surface area contributed by atoms with Crippen LogP contribution in [0.2, 0.25) is 0 Å². The minimum absolute atomic E-state index is 0.0215. The molecule has 1 atom stereocenters. The highest BCUT2D eigenvalue weighted by Gasteiger charge is 2.24. The molecule has 1 aromatic carbocycles. The van der Waals surface area contributed by atoms with Crippen LogP contribution >= 0.6 is 0 Å². The Hall–Kier alpha value is -2.08. The van der Waals surface area contributed by atoms with Gasteiger partial charge >= 0.3 is 0 Å². The number of piperidine rings is 1. The van der Waals surface area contributed by atoms with Crippen LogP contribution in [-0.4, -0.2) is 50.4 Å². The lowest BCUT2D eigenvalue weighted by Crippen LogP contribution is -2.45. The third-order valence-corrected chi connectivity index (χ3v) is 4.22. The molecule has 1 heterocycles. The second-order valence-electron chi connectivity index (χ2n) is 6.31. The summed E-state index contributed by atoms with van der Waals surface area (Å²) in [5, 5.41) is 2.93. The Bertz CT molecular complexity index is 542. The maximum atomic E-state index is 12.1. The number of likely N-dealkylation sites (tertiary alicyclic amines) is 1. The summed E-state index contributed by atoms with van der Waals surface area (Å²) >= 11 is 0. The van der Waals surface area contributed by atoms with Crippen LogP contribution in [0.5, 0.6) is 0 Å². The first-order valence-electron chi connectivity index (χ1n) is 8.00. The minimum Gasteiger partial charge on any atom is -0.378 e. The zero-order chi connectivity index (χ0) is 16.8. The molecule has 2 amide bonds. The largest absolute Gasteiger partial charge is 0.378 e. The molecule has 0 aliphatic carbocycles. The summed E-state index contributed by atoms with van der Waals surface area (Å²) in [6.45, 7) is 2.26. The fraction of sp³-hybridized carbons (Fsp3) is 0.529. The van der Waals surface area contributed by atoms with E-state index in [0.29, 0.717) is 19.6 Å². The van der Waals surface area contributed by atoms with Gasteiger partial charge in [0.05, 0.1) is 12.5 Å². The first-order valence-corrected chi connectivity index (χ1v) is 8.00. The summed E-state index contributed by atoms with van der Waals surface area (Å²) < 4.78 is 0. The fourth-order valence-electron chi connectivity index (χ4n) is 2.80. The van der Waals surface area contributed by atoms with Crippen molar-refractivity contribution in [1.29, 1.82) is 0 Å². The molecule has 0 bridgehead atoms. The van der Waals surface area contributed by atoms with Crippen molar-refractivity contribution >= 4 is 17.5 Å². The van der Waals surface area contributed by atoms with E-state index in [1.165, 1.54) is 0 Å². The molecule has 23 heavy (non-hydrogen) atoms. The summed E-state index contributed by atoms with van der Waals surface area (Å²) in [4.78, 5) is 27.4. The Balaban J connectivity index is 1.77. The number of hydrogen-bond donors (Lipinski definition) is 2. The number of primary amides is 1. The van der Waals surface area contributed by atoms with Crippen molar-refractivity contribution in [3.63, 3.8) is 0 Å². The summed E-state index contributed by atoms with van der Waals surface area (Å²) in [5.74, 6) is -0.418. The second-order valence-corrected chi connectivity index (χ2v) is 6.31. The Kier molecular flexibility index (Phi) is 5.98. The molecule has 0 aromatic heterocycles. The molecule has 0 saturated carbocycles. The van der Waals surface area contributed by atoms with E-state index in [4.69, 9.17) is 5.73 Å². The van der Waals surface area contributed by atoms with E-state index >= 15 is 0 Å². The number of amides is 2. The van der Waals surface area contributed by atoms with Gasteiger partial charge in [-0.15, -0.1) is 0 Å². The highest BCUT2D eigenvalue weighted by Crippen LogP contribution is 2.15. The molecule has 126 valence electrons. The van der Waals surface area contributed by atoms with Crippen LogP contribution in [0.25, 0.3) is 0 Å². The van der Waals surface area contributed by atoms with Crippen LogP contribution in [0, 0.1) is 5.92 Å². The Morgan fingerprint density at radius 3 is 2.61 bits per heavy atom. The number of hydrogen-bond acceptors (Lipinski definition) is 4. The Morgan fingerprint density at radius 1 is 1.30 bits per heavy atom. The van der Waals surface area contributed by atoms with Crippen LogP contribution in [0.3, 0.4) is 0 Å². The number of rotatable bonds is 6. The summed E-state index contributed by atoms with van der Waals surface area (Å²) in [7, 11) is 3.99. The van der Waals surface area contributed by atoms with Crippen molar-refractivity contribution in [1.82, 2.24) is 10.2 Å². The molecule has 0 spiro atoms. The zero-order valence-electron chi connectivity index (χ0n) is 13.9. The number of benzene rings is 1. The van der Waals surface area contributed by atoms with Crippen LogP contribution in [-0.2, 0) is 16.1 Å². The molecule has 3 N–H and O–H groups in total. The van der Waals surface area contributed by atoms with Crippen molar-refractivity contribution in [3.05, 3.63) is 29.8 Å². The van der Waals surface area contributed by atoms with Gasteiger partial charge in [0.15, 0.2) is 0 Å². The number of nitrogens with zero attached hydrogens (tertiary/aromatic N) is 2. The van der Waals surface area contributed by atoms with Crippen molar-refractivity contribution in [2.24, 2.45) is 11.7 Å². The minimum atomic E-state index is -0.268. The maximum absolute atomic E-state index is 12.1. The van der Waals surface area contributed by atoms with Crippen LogP contribution in [0.4, 0.5) is 5.69 Å². The third kappa shape index (κ3) is 5.25. The average molecular weight is 318 g/mol. The topological polar surface area (TPSA) is 78.7 Å². The van der Waals surface area contributed by atoms with Crippen molar-refractivity contribution in [3.8, 4) is 0 Å². The average Bonchev–Trinajstić information content (AvgIpc) is 2.53. The van der Waals surface area contributed by atoms with Gasteiger partial charge in [-0.1, -0.05) is 12.1 Å². The molecule has 6 heteroatoms. The van der Waals surface area contributed by atoms with Gasteiger partial charge in [-0.05, 0) is 37.1 Å².